The normalized spacial score (nSPS) is 10.3. The molecule has 0 saturated carbocycles. The Bertz CT molecular complexity index is 1150. The van der Waals surface area contributed by atoms with Gasteiger partial charge >= 0.3 is 0 Å². The monoisotopic (exact) mass is 400 g/mol. The van der Waals surface area contributed by atoms with Gasteiger partial charge in [-0.25, -0.2) is 0 Å². The number of nitriles is 1. The Labute approximate surface area is 173 Å². The van der Waals surface area contributed by atoms with E-state index >= 15 is 0 Å². The van der Waals surface area contributed by atoms with Gasteiger partial charge in [0, 0.05) is 17.7 Å². The minimum Gasteiger partial charge on any atom is -0.545 e. The first-order valence-corrected chi connectivity index (χ1v) is 9.30. The second-order valence-corrected chi connectivity index (χ2v) is 6.60. The summed E-state index contributed by atoms with van der Waals surface area (Å²) in [4.78, 5) is 22.5. The molecule has 0 unspecified atom stereocenters. The largest absolute Gasteiger partial charge is 0.545 e. The SMILES string of the molecule is CCc1ccc(C(=O)[O-])c(NCc2ccc(-c3ccccc3C#N)cc2)c1[N+](=O)[O-]. The number of nitrogens with one attached hydrogen (secondary N) is 1. The van der Waals surface area contributed by atoms with Gasteiger partial charge in [0.05, 0.1) is 22.5 Å². The summed E-state index contributed by atoms with van der Waals surface area (Å²) in [5.41, 5.74) is 2.92. The van der Waals surface area contributed by atoms with Crippen molar-refractivity contribution in [1.29, 1.82) is 5.26 Å². The lowest BCUT2D eigenvalue weighted by Gasteiger charge is -2.15. The molecule has 0 amide bonds. The number of hydrogen-bond donors (Lipinski definition) is 1. The Hall–Kier alpha value is -4.18. The highest BCUT2D eigenvalue weighted by Gasteiger charge is 2.22. The number of carbonyl (C=O) groups excluding carboxylic acids is 1. The van der Waals surface area contributed by atoms with Gasteiger partial charge in [-0.1, -0.05) is 61.5 Å². The molecule has 0 aliphatic carbocycles. The van der Waals surface area contributed by atoms with Crippen LogP contribution in [0.5, 0.6) is 0 Å². The molecule has 3 rings (SSSR count). The molecule has 7 nitrogen and oxygen atoms in total. The van der Waals surface area contributed by atoms with Crippen LogP contribution in [-0.4, -0.2) is 10.9 Å². The van der Waals surface area contributed by atoms with Crippen molar-refractivity contribution >= 4 is 17.3 Å². The van der Waals surface area contributed by atoms with Gasteiger partial charge in [-0.2, -0.15) is 5.26 Å². The lowest BCUT2D eigenvalue weighted by Crippen LogP contribution is -2.24. The number of benzene rings is 3. The summed E-state index contributed by atoms with van der Waals surface area (Å²) in [5, 5.41) is 35.2. The van der Waals surface area contributed by atoms with Crippen molar-refractivity contribution in [2.24, 2.45) is 0 Å². The molecule has 150 valence electrons. The summed E-state index contributed by atoms with van der Waals surface area (Å²) in [5.74, 6) is -1.48. The van der Waals surface area contributed by atoms with Gasteiger partial charge in [-0.15, -0.1) is 0 Å². The predicted molar refractivity (Wildman–Crippen MR) is 111 cm³/mol. The minimum atomic E-state index is -1.48. The van der Waals surface area contributed by atoms with Crippen LogP contribution in [0.25, 0.3) is 11.1 Å². The smallest absolute Gasteiger partial charge is 0.296 e. The third-order valence-corrected chi connectivity index (χ3v) is 4.83. The summed E-state index contributed by atoms with van der Waals surface area (Å²) in [6, 6.07) is 19.5. The fourth-order valence-corrected chi connectivity index (χ4v) is 3.30. The van der Waals surface area contributed by atoms with Crippen LogP contribution in [0.4, 0.5) is 11.4 Å². The van der Waals surface area contributed by atoms with E-state index in [1.54, 1.807) is 19.1 Å². The summed E-state index contributed by atoms with van der Waals surface area (Å²) >= 11 is 0. The fraction of sp³-hybridized carbons (Fsp3) is 0.130. The molecule has 0 saturated heterocycles. The van der Waals surface area contributed by atoms with Gasteiger partial charge in [0.15, 0.2) is 0 Å². The van der Waals surface area contributed by atoms with Gasteiger partial charge in [-0.05, 0) is 29.2 Å². The van der Waals surface area contributed by atoms with Crippen LogP contribution in [0.15, 0.2) is 60.7 Å². The number of aromatic carboxylic acids is 1. The number of hydrogen-bond acceptors (Lipinski definition) is 6. The topological polar surface area (TPSA) is 119 Å². The molecule has 0 atom stereocenters. The molecule has 3 aromatic carbocycles. The van der Waals surface area contributed by atoms with E-state index in [1.807, 2.05) is 36.4 Å². The molecule has 0 fully saturated rings. The molecule has 1 N–H and O–H groups in total. The third-order valence-electron chi connectivity index (χ3n) is 4.83. The molecular weight excluding hydrogens is 382 g/mol. The number of rotatable bonds is 7. The number of nitrogens with zero attached hydrogens (tertiary/aromatic N) is 2. The molecular formula is C23H18N3O4-. The Morgan fingerprint density at radius 3 is 2.40 bits per heavy atom. The number of nitro benzene ring substituents is 1. The van der Waals surface area contributed by atoms with Gasteiger partial charge in [0.2, 0.25) is 0 Å². The van der Waals surface area contributed by atoms with Crippen molar-refractivity contribution in [3.8, 4) is 17.2 Å². The maximum Gasteiger partial charge on any atom is 0.296 e. The zero-order valence-corrected chi connectivity index (χ0v) is 16.2. The number of carboxylic acid groups (broad SMARTS) is 1. The highest BCUT2D eigenvalue weighted by molar-refractivity contribution is 5.96. The van der Waals surface area contributed by atoms with Gasteiger partial charge in [-0.3, -0.25) is 10.1 Å². The summed E-state index contributed by atoms with van der Waals surface area (Å²) in [7, 11) is 0. The summed E-state index contributed by atoms with van der Waals surface area (Å²) < 4.78 is 0. The quantitative estimate of drug-likeness (QED) is 0.477. The average Bonchev–Trinajstić information content (AvgIpc) is 2.76. The predicted octanol–water partition coefficient (Wildman–Crippen LogP) is 3.67. The Balaban J connectivity index is 1.90. The molecule has 0 spiro atoms. The molecule has 0 aliphatic rings. The molecule has 0 aliphatic heterocycles. The third kappa shape index (κ3) is 4.13. The number of carbonyl (C=O) groups is 1. The molecule has 0 radical (unpaired) electrons. The van der Waals surface area contributed by atoms with E-state index in [2.05, 4.69) is 11.4 Å². The van der Waals surface area contributed by atoms with Crippen molar-refractivity contribution in [2.45, 2.75) is 19.9 Å². The van der Waals surface area contributed by atoms with Gasteiger partial charge in [0.25, 0.3) is 5.69 Å². The maximum atomic E-state index is 11.6. The second kappa shape index (κ2) is 8.88. The molecule has 3 aromatic rings. The van der Waals surface area contributed by atoms with Crippen LogP contribution in [0.1, 0.15) is 34.0 Å². The van der Waals surface area contributed by atoms with E-state index in [0.29, 0.717) is 17.5 Å². The first kappa shape index (κ1) is 20.6. The van der Waals surface area contributed by atoms with E-state index in [4.69, 9.17) is 0 Å². The van der Waals surface area contributed by atoms with Crippen LogP contribution < -0.4 is 10.4 Å². The summed E-state index contributed by atoms with van der Waals surface area (Å²) in [6.45, 7) is 1.96. The molecule has 30 heavy (non-hydrogen) atoms. The zero-order chi connectivity index (χ0) is 21.7. The van der Waals surface area contributed by atoms with Crippen molar-refractivity contribution < 1.29 is 14.8 Å². The lowest BCUT2D eigenvalue weighted by molar-refractivity contribution is -0.384. The van der Waals surface area contributed by atoms with E-state index in [9.17, 15) is 25.3 Å². The molecule has 7 heteroatoms. The highest BCUT2D eigenvalue weighted by atomic mass is 16.6. The molecule has 0 aromatic heterocycles. The standard InChI is InChI=1S/C23H19N3O4/c1-2-16-11-12-20(23(27)28)21(22(16)26(29)30)25-14-15-7-9-17(10-8-15)19-6-4-3-5-18(19)13-24/h3-12,25H,2,14H2,1H3,(H,27,28)/p-1. The Morgan fingerprint density at radius 2 is 1.80 bits per heavy atom. The number of anilines is 1. The average molecular weight is 400 g/mol. The Morgan fingerprint density at radius 1 is 1.10 bits per heavy atom. The van der Waals surface area contributed by atoms with Crippen molar-refractivity contribution in [3.63, 3.8) is 0 Å². The minimum absolute atomic E-state index is 0.0572. The van der Waals surface area contributed by atoms with Crippen LogP contribution in [0.3, 0.4) is 0 Å². The number of carboxylic acids is 1. The number of nitro groups is 1. The van der Waals surface area contributed by atoms with Crippen LogP contribution in [-0.2, 0) is 13.0 Å². The van der Waals surface area contributed by atoms with Crippen LogP contribution >= 0.6 is 0 Å². The van der Waals surface area contributed by atoms with Crippen molar-refractivity contribution in [3.05, 3.63) is 93.0 Å². The fourth-order valence-electron chi connectivity index (χ4n) is 3.30. The van der Waals surface area contributed by atoms with E-state index in [0.717, 1.165) is 16.7 Å². The first-order valence-electron chi connectivity index (χ1n) is 9.30. The van der Waals surface area contributed by atoms with Crippen molar-refractivity contribution in [2.75, 3.05) is 5.32 Å². The Kier molecular flexibility index (Phi) is 6.08. The highest BCUT2D eigenvalue weighted by Crippen LogP contribution is 2.33. The lowest BCUT2D eigenvalue weighted by atomic mass is 9.99. The van der Waals surface area contributed by atoms with Crippen LogP contribution in [0.2, 0.25) is 0 Å². The van der Waals surface area contributed by atoms with E-state index < -0.39 is 10.9 Å². The van der Waals surface area contributed by atoms with Crippen LogP contribution in [0, 0.1) is 21.4 Å². The van der Waals surface area contributed by atoms with E-state index in [1.165, 1.54) is 12.1 Å². The van der Waals surface area contributed by atoms with Crippen molar-refractivity contribution in [1.82, 2.24) is 0 Å². The number of aryl methyl sites for hydroxylation is 1. The van der Waals surface area contributed by atoms with E-state index in [-0.39, 0.29) is 23.5 Å². The van der Waals surface area contributed by atoms with Gasteiger partial charge < -0.3 is 15.2 Å². The maximum absolute atomic E-state index is 11.6. The summed E-state index contributed by atoms with van der Waals surface area (Å²) in [6.07, 6.45) is 0.394. The van der Waals surface area contributed by atoms with Gasteiger partial charge in [0.1, 0.15) is 5.69 Å². The zero-order valence-electron chi connectivity index (χ0n) is 16.2. The molecule has 0 bridgehead atoms. The second-order valence-electron chi connectivity index (χ2n) is 6.60. The molecule has 0 heterocycles. The first-order chi connectivity index (χ1) is 14.5.